The standard InChI is InChI=1S/C46H35N3/c1-5-13-31(14-6-1)36-21-22-39-42(28-36)49(45-47-40(34-17-9-3-10-18-34)30-41(48-45)35-19-11-4-12-20-35)43-29-37(32-15-7-2-8-16-32)27-38-33-23-25-46(39,26-24-33)44(38)43/h1-22,27-30,33H,23-26H2. The summed E-state index contributed by atoms with van der Waals surface area (Å²) >= 11 is 0. The van der Waals surface area contributed by atoms with Crippen LogP contribution in [0.1, 0.15) is 48.3 Å². The summed E-state index contributed by atoms with van der Waals surface area (Å²) in [4.78, 5) is 13.3. The number of anilines is 3. The molecule has 11 rings (SSSR count). The van der Waals surface area contributed by atoms with Gasteiger partial charge in [-0.1, -0.05) is 140 Å². The van der Waals surface area contributed by atoms with Crippen molar-refractivity contribution in [2.24, 2.45) is 0 Å². The molecule has 7 aromatic rings. The largest absolute Gasteiger partial charge is 0.278 e. The highest BCUT2D eigenvalue weighted by atomic mass is 15.3. The van der Waals surface area contributed by atoms with E-state index in [1.807, 2.05) is 0 Å². The van der Waals surface area contributed by atoms with Crippen LogP contribution in [0, 0.1) is 0 Å². The average molecular weight is 630 g/mol. The zero-order chi connectivity index (χ0) is 32.4. The van der Waals surface area contributed by atoms with E-state index in [0.717, 1.165) is 22.5 Å². The third-order valence-corrected chi connectivity index (χ3v) is 11.2. The van der Waals surface area contributed by atoms with Crippen LogP contribution in [-0.2, 0) is 5.41 Å². The van der Waals surface area contributed by atoms with E-state index < -0.39 is 0 Å². The summed E-state index contributed by atoms with van der Waals surface area (Å²) in [6.45, 7) is 0. The molecule has 3 aliphatic carbocycles. The molecule has 2 heterocycles. The maximum Gasteiger partial charge on any atom is 0.235 e. The smallest absolute Gasteiger partial charge is 0.235 e. The Hall–Kier alpha value is -5.80. The van der Waals surface area contributed by atoms with Gasteiger partial charge in [-0.3, -0.25) is 4.90 Å². The zero-order valence-electron chi connectivity index (χ0n) is 27.3. The molecule has 0 radical (unpaired) electrons. The summed E-state index contributed by atoms with van der Waals surface area (Å²) in [6, 6.07) is 56.9. The first-order valence-corrected chi connectivity index (χ1v) is 17.5. The molecule has 1 aromatic heterocycles. The fraction of sp³-hybridized carbons (Fsp3) is 0.130. The summed E-state index contributed by atoms with van der Waals surface area (Å²) in [5, 5.41) is 0. The van der Waals surface area contributed by atoms with Gasteiger partial charge < -0.3 is 0 Å². The lowest BCUT2D eigenvalue weighted by molar-refractivity contribution is 0.278. The maximum atomic E-state index is 5.43. The Morgan fingerprint density at radius 1 is 0.469 bits per heavy atom. The predicted molar refractivity (Wildman–Crippen MR) is 200 cm³/mol. The molecule has 0 N–H and O–H groups in total. The van der Waals surface area contributed by atoms with Gasteiger partial charge in [0.15, 0.2) is 0 Å². The fourth-order valence-corrected chi connectivity index (χ4v) is 8.87. The topological polar surface area (TPSA) is 29.0 Å². The first-order chi connectivity index (χ1) is 24.2. The van der Waals surface area contributed by atoms with Gasteiger partial charge in [-0.15, -0.1) is 0 Å². The molecule has 2 bridgehead atoms. The van der Waals surface area contributed by atoms with Crippen LogP contribution in [0.15, 0.2) is 158 Å². The van der Waals surface area contributed by atoms with E-state index in [1.165, 1.54) is 76.0 Å². The summed E-state index contributed by atoms with van der Waals surface area (Å²) in [6.07, 6.45) is 4.80. The molecule has 3 nitrogen and oxygen atoms in total. The van der Waals surface area contributed by atoms with E-state index in [2.05, 4.69) is 163 Å². The van der Waals surface area contributed by atoms with Gasteiger partial charge in [0.1, 0.15) is 0 Å². The van der Waals surface area contributed by atoms with Gasteiger partial charge in [-0.05, 0) is 88.7 Å². The van der Waals surface area contributed by atoms with Gasteiger partial charge in [-0.25, -0.2) is 9.97 Å². The summed E-state index contributed by atoms with van der Waals surface area (Å²) in [5.74, 6) is 1.28. The quantitative estimate of drug-likeness (QED) is 0.190. The Labute approximate surface area is 287 Å². The van der Waals surface area contributed by atoms with Crippen LogP contribution in [0.3, 0.4) is 0 Å². The molecule has 1 fully saturated rings. The van der Waals surface area contributed by atoms with Crippen LogP contribution < -0.4 is 4.90 Å². The Morgan fingerprint density at radius 3 is 1.55 bits per heavy atom. The minimum Gasteiger partial charge on any atom is -0.278 e. The normalized spacial score (nSPS) is 18.5. The molecule has 0 unspecified atom stereocenters. The number of hydrogen-bond donors (Lipinski definition) is 0. The summed E-state index contributed by atoms with van der Waals surface area (Å²) < 4.78 is 0. The van der Waals surface area contributed by atoms with E-state index in [0.29, 0.717) is 11.9 Å². The van der Waals surface area contributed by atoms with Crippen LogP contribution in [0.4, 0.5) is 17.3 Å². The molecule has 4 aliphatic rings. The van der Waals surface area contributed by atoms with E-state index in [9.17, 15) is 0 Å². The SMILES string of the molecule is c1ccc(-c2ccc3c(c2)N(c2nc(-c4ccccc4)cc(-c4ccccc4)n2)c2cc(-c4ccccc4)cc4c2C32CCC4CC2)cc1. The summed E-state index contributed by atoms with van der Waals surface area (Å²) in [7, 11) is 0. The predicted octanol–water partition coefficient (Wildman–Crippen LogP) is 11.9. The Kier molecular flexibility index (Phi) is 6.42. The number of aromatic nitrogens is 2. The van der Waals surface area contributed by atoms with E-state index >= 15 is 0 Å². The van der Waals surface area contributed by atoms with Gasteiger partial charge in [0.05, 0.1) is 22.8 Å². The minimum absolute atomic E-state index is 0.0189. The molecule has 1 spiro atoms. The molecular weight excluding hydrogens is 595 g/mol. The van der Waals surface area contributed by atoms with Crippen molar-refractivity contribution in [1.82, 2.24) is 9.97 Å². The minimum atomic E-state index is -0.0189. The lowest BCUT2D eigenvalue weighted by atomic mass is 9.53. The number of nitrogens with zero attached hydrogens (tertiary/aromatic N) is 3. The van der Waals surface area contributed by atoms with Gasteiger partial charge in [0, 0.05) is 16.5 Å². The van der Waals surface area contributed by atoms with Gasteiger partial charge in [-0.2, -0.15) is 0 Å². The highest BCUT2D eigenvalue weighted by Crippen LogP contribution is 2.65. The van der Waals surface area contributed by atoms with E-state index in [1.54, 1.807) is 0 Å². The lowest BCUT2D eigenvalue weighted by Crippen LogP contribution is -2.43. The van der Waals surface area contributed by atoms with Gasteiger partial charge >= 0.3 is 0 Å². The van der Waals surface area contributed by atoms with Crippen LogP contribution in [0.2, 0.25) is 0 Å². The van der Waals surface area contributed by atoms with Crippen molar-refractivity contribution in [2.45, 2.75) is 37.0 Å². The highest BCUT2D eigenvalue weighted by molar-refractivity contribution is 5.91. The van der Waals surface area contributed by atoms with Crippen molar-refractivity contribution < 1.29 is 0 Å². The second kappa shape index (κ2) is 11.1. The van der Waals surface area contributed by atoms with E-state index in [-0.39, 0.29) is 5.41 Å². The molecule has 3 heteroatoms. The molecule has 1 saturated carbocycles. The third-order valence-electron chi connectivity index (χ3n) is 11.2. The summed E-state index contributed by atoms with van der Waals surface area (Å²) in [5.41, 5.74) is 15.7. The van der Waals surface area contributed by atoms with E-state index in [4.69, 9.17) is 9.97 Å². The van der Waals surface area contributed by atoms with Crippen LogP contribution in [-0.4, -0.2) is 9.97 Å². The van der Waals surface area contributed by atoms with Crippen molar-refractivity contribution in [3.63, 3.8) is 0 Å². The Morgan fingerprint density at radius 2 is 0.980 bits per heavy atom. The maximum absolute atomic E-state index is 5.43. The molecule has 0 atom stereocenters. The molecule has 1 aliphatic heterocycles. The zero-order valence-corrected chi connectivity index (χ0v) is 27.3. The van der Waals surface area contributed by atoms with Crippen molar-refractivity contribution in [2.75, 3.05) is 4.90 Å². The first-order valence-electron chi connectivity index (χ1n) is 17.5. The van der Waals surface area contributed by atoms with Gasteiger partial charge in [0.2, 0.25) is 5.95 Å². The monoisotopic (exact) mass is 629 g/mol. The third kappa shape index (κ3) is 4.49. The molecule has 0 amide bonds. The Bertz CT molecular complexity index is 2270. The lowest BCUT2D eigenvalue weighted by Gasteiger charge is -2.54. The molecule has 234 valence electrons. The molecule has 6 aromatic carbocycles. The first kappa shape index (κ1) is 28.2. The van der Waals surface area contributed by atoms with Crippen molar-refractivity contribution in [1.29, 1.82) is 0 Å². The van der Waals surface area contributed by atoms with Crippen molar-refractivity contribution in [3.05, 3.63) is 174 Å². The number of benzene rings is 6. The molecule has 49 heavy (non-hydrogen) atoms. The van der Waals surface area contributed by atoms with Crippen molar-refractivity contribution >= 4 is 17.3 Å². The second-order valence-electron chi connectivity index (χ2n) is 13.8. The fourth-order valence-electron chi connectivity index (χ4n) is 8.87. The number of fused-ring (bicyclic) bond motifs is 3. The highest BCUT2D eigenvalue weighted by Gasteiger charge is 2.52. The van der Waals surface area contributed by atoms with Gasteiger partial charge in [0.25, 0.3) is 0 Å². The van der Waals surface area contributed by atoms with Crippen LogP contribution >= 0.6 is 0 Å². The van der Waals surface area contributed by atoms with Crippen LogP contribution in [0.5, 0.6) is 0 Å². The molecule has 0 saturated heterocycles. The van der Waals surface area contributed by atoms with Crippen LogP contribution in [0.25, 0.3) is 44.8 Å². The average Bonchev–Trinajstić information content (AvgIpc) is 3.19. The second-order valence-corrected chi connectivity index (χ2v) is 13.8. The Balaban J connectivity index is 1.29. The number of rotatable bonds is 5. The van der Waals surface area contributed by atoms with Crippen molar-refractivity contribution in [3.8, 4) is 44.8 Å². The number of hydrogen-bond acceptors (Lipinski definition) is 3. The molecular formula is C46H35N3.